The molecule has 0 aromatic heterocycles. The number of aliphatic hydroxyl groups excluding tert-OH is 1. The molecule has 602 valence electrons. The van der Waals surface area contributed by atoms with E-state index >= 15 is 0 Å². The van der Waals surface area contributed by atoms with Crippen LogP contribution >= 0.6 is 15.6 Å². The smallest absolute Gasteiger partial charge is 0.462 e. The minimum absolute atomic E-state index is 0.0479. The fourth-order valence-corrected chi connectivity index (χ4v) is 11.7. The van der Waals surface area contributed by atoms with Crippen LogP contribution in [0, 0.1) is 0 Å². The normalized spacial score (nSPS) is 14.7. The number of rotatable bonds is 74. The SMILES string of the molecule is CC/C=C\C/C=C\C/C=C\C/C=C\C/C=C\CCCC(=O)OCC(COP(=O)(O)OCC(O)COP(=O)(O)OCC(COC(=O)CCCCCC/C=C\C/C=C\C/C=C\C/C=C\CC)OC(=O)CCCCCCC/C=C\CCCCCCCC)OC(=O)CCCCCC/C=C\C/C=C\C/C=C\C/C=C\CC. The third-order valence-electron chi connectivity index (χ3n) is 16.2. The summed E-state index contributed by atoms with van der Waals surface area (Å²) < 4.78 is 68.6. The number of hydrogen-bond acceptors (Lipinski definition) is 15. The molecule has 0 radical (unpaired) electrons. The van der Waals surface area contributed by atoms with Gasteiger partial charge in [-0.2, -0.15) is 0 Å². The van der Waals surface area contributed by atoms with E-state index in [9.17, 15) is 43.2 Å². The van der Waals surface area contributed by atoms with Gasteiger partial charge < -0.3 is 33.8 Å². The Hall–Kier alpha value is -5.58. The zero-order valence-corrected chi connectivity index (χ0v) is 67.6. The monoisotopic (exact) mass is 1520 g/mol. The maximum atomic E-state index is 13.1. The predicted molar refractivity (Wildman–Crippen MR) is 436 cm³/mol. The van der Waals surface area contributed by atoms with Gasteiger partial charge in [-0.3, -0.25) is 37.3 Å². The number of ether oxygens (including phenoxy) is 4. The lowest BCUT2D eigenvalue weighted by molar-refractivity contribution is -0.161. The van der Waals surface area contributed by atoms with Gasteiger partial charge in [-0.1, -0.05) is 275 Å². The topological polar surface area (TPSA) is 237 Å². The van der Waals surface area contributed by atoms with Crippen molar-refractivity contribution in [1.82, 2.24) is 0 Å². The van der Waals surface area contributed by atoms with Gasteiger partial charge in [0.25, 0.3) is 0 Å². The zero-order chi connectivity index (χ0) is 77.4. The molecule has 0 saturated carbocycles. The third-order valence-corrected chi connectivity index (χ3v) is 18.1. The first-order chi connectivity index (χ1) is 51.7. The summed E-state index contributed by atoms with van der Waals surface area (Å²) >= 11 is 0. The summed E-state index contributed by atoms with van der Waals surface area (Å²) in [6.45, 7) is 4.39. The third kappa shape index (κ3) is 76.6. The van der Waals surface area contributed by atoms with Gasteiger partial charge in [0, 0.05) is 25.7 Å². The van der Waals surface area contributed by atoms with Crippen LogP contribution in [0.1, 0.15) is 297 Å². The van der Waals surface area contributed by atoms with Crippen LogP contribution in [0.25, 0.3) is 0 Å². The van der Waals surface area contributed by atoms with Crippen LogP contribution in [0.15, 0.2) is 170 Å². The van der Waals surface area contributed by atoms with Crippen LogP contribution in [0.4, 0.5) is 0 Å². The number of phosphoric acid groups is 2. The summed E-state index contributed by atoms with van der Waals surface area (Å²) in [5, 5.41) is 10.7. The highest BCUT2D eigenvalue weighted by Gasteiger charge is 2.30. The Balaban J connectivity index is 5.49. The first-order valence-electron chi connectivity index (χ1n) is 40.4. The predicted octanol–water partition coefficient (Wildman–Crippen LogP) is 23.8. The first kappa shape index (κ1) is 100. The molecule has 0 fully saturated rings. The molecule has 5 atom stereocenters. The summed E-state index contributed by atoms with van der Waals surface area (Å²) in [4.78, 5) is 73.1. The number of phosphoric ester groups is 2. The molecule has 0 rings (SSSR count). The molecule has 19 heteroatoms. The van der Waals surface area contributed by atoms with Crippen molar-refractivity contribution < 1.29 is 80.2 Å². The minimum atomic E-state index is -5.01. The molecule has 0 aliphatic rings. The molecule has 5 unspecified atom stereocenters. The number of carbonyl (C=O) groups excluding carboxylic acids is 4. The Labute approximate surface area is 642 Å². The molecule has 106 heavy (non-hydrogen) atoms. The van der Waals surface area contributed by atoms with Crippen molar-refractivity contribution in [2.45, 2.75) is 316 Å². The Morgan fingerprint density at radius 1 is 0.274 bits per heavy atom. The second-order valence-corrected chi connectivity index (χ2v) is 29.1. The molecule has 3 N–H and O–H groups in total. The number of esters is 4. The van der Waals surface area contributed by atoms with Crippen LogP contribution < -0.4 is 0 Å². The molecule has 0 saturated heterocycles. The number of carbonyl (C=O) groups is 4. The van der Waals surface area contributed by atoms with E-state index in [1.807, 2.05) is 12.2 Å². The molecule has 0 heterocycles. The maximum absolute atomic E-state index is 13.1. The lowest BCUT2D eigenvalue weighted by atomic mass is 10.1. The van der Waals surface area contributed by atoms with Gasteiger partial charge in [-0.25, -0.2) is 9.13 Å². The van der Waals surface area contributed by atoms with E-state index < -0.39 is 97.5 Å². The van der Waals surface area contributed by atoms with Gasteiger partial charge in [0.15, 0.2) is 12.2 Å². The van der Waals surface area contributed by atoms with E-state index in [0.717, 1.165) is 173 Å². The average Bonchev–Trinajstić information content (AvgIpc) is 0.902. The average molecular weight is 1520 g/mol. The highest BCUT2D eigenvalue weighted by Crippen LogP contribution is 2.45. The van der Waals surface area contributed by atoms with Crippen molar-refractivity contribution in [3.63, 3.8) is 0 Å². The Kier molecular flexibility index (Phi) is 73.5. The lowest BCUT2D eigenvalue weighted by Gasteiger charge is -2.21. The Morgan fingerprint density at radius 3 is 0.802 bits per heavy atom. The molecule has 0 aromatic rings. The quantitative estimate of drug-likeness (QED) is 0.0169. The summed E-state index contributed by atoms with van der Waals surface area (Å²) in [7, 11) is -10.0. The number of hydrogen-bond donors (Lipinski definition) is 3. The fraction of sp³-hybridized carbons (Fsp3) is 0.632. The molecule has 0 bridgehead atoms. The minimum Gasteiger partial charge on any atom is -0.462 e. The largest absolute Gasteiger partial charge is 0.472 e. The van der Waals surface area contributed by atoms with E-state index in [-0.39, 0.29) is 25.7 Å². The van der Waals surface area contributed by atoms with E-state index in [1.54, 1.807) is 0 Å². The standard InChI is InChI=1S/C87H142O17P2/c1-5-9-13-17-21-25-29-33-37-40-44-47-51-55-59-63-67-71-84(89)97-77-82(103-86(91)73-69-65-61-57-53-49-43-36-32-28-24-20-16-12-8-4)79-101-105(93,94)99-75-81(88)76-100-106(95,96)102-80-83(104-87(92)74-70-66-62-58-54-50-46-42-39-35-31-27-23-19-15-11-7-3)78-98-85(90)72-68-64-60-56-52-48-45-41-38-34-30-26-22-18-14-10-6-2/h9-11,13-15,21-23,25-27,33-39,43-48,50,56,60,81-83,88H,5-8,12,16-20,24,28-32,40-42,49,51-55,57-59,61-80H2,1-4H3,(H,93,94)(H,95,96)/b13-9-,14-10-,15-11-,25-21-,26-22-,27-23-,37-33-,38-34-,39-35-,43-36-,47-44-,48-45-,50-46-,60-56-. The number of allylic oxidation sites excluding steroid dienone is 28. The number of aliphatic hydroxyl groups is 1. The zero-order valence-electron chi connectivity index (χ0n) is 65.8. The van der Waals surface area contributed by atoms with E-state index in [1.165, 1.54) is 38.5 Å². The van der Waals surface area contributed by atoms with Gasteiger partial charge in [-0.05, 0) is 167 Å². The molecule has 0 aromatic carbocycles. The molecule has 0 spiro atoms. The van der Waals surface area contributed by atoms with Crippen LogP contribution in [-0.2, 0) is 65.4 Å². The summed E-state index contributed by atoms with van der Waals surface area (Å²) in [5.74, 6) is -2.32. The van der Waals surface area contributed by atoms with Crippen molar-refractivity contribution in [2.75, 3.05) is 39.6 Å². The molecular weight excluding hydrogens is 1380 g/mol. The fourth-order valence-electron chi connectivity index (χ4n) is 10.1. The van der Waals surface area contributed by atoms with Crippen molar-refractivity contribution in [2.24, 2.45) is 0 Å². The van der Waals surface area contributed by atoms with Crippen LogP contribution in [0.2, 0.25) is 0 Å². The van der Waals surface area contributed by atoms with Gasteiger partial charge in [-0.15, -0.1) is 0 Å². The van der Waals surface area contributed by atoms with E-state index in [0.29, 0.717) is 32.1 Å². The molecule has 0 aliphatic carbocycles. The van der Waals surface area contributed by atoms with E-state index in [2.05, 4.69) is 186 Å². The lowest BCUT2D eigenvalue weighted by Crippen LogP contribution is -2.30. The highest BCUT2D eigenvalue weighted by molar-refractivity contribution is 7.47. The van der Waals surface area contributed by atoms with Gasteiger partial charge in [0.1, 0.15) is 19.3 Å². The molecule has 17 nitrogen and oxygen atoms in total. The second kappa shape index (κ2) is 77.6. The second-order valence-electron chi connectivity index (χ2n) is 26.2. The summed E-state index contributed by atoms with van der Waals surface area (Å²) in [5.41, 5.74) is 0. The molecular formula is C87H142O17P2. The first-order valence-corrected chi connectivity index (χ1v) is 43.4. The van der Waals surface area contributed by atoms with Gasteiger partial charge in [0.05, 0.1) is 26.4 Å². The van der Waals surface area contributed by atoms with Crippen LogP contribution in [0.5, 0.6) is 0 Å². The van der Waals surface area contributed by atoms with Gasteiger partial charge >= 0.3 is 39.5 Å². The van der Waals surface area contributed by atoms with Crippen molar-refractivity contribution in [3.05, 3.63) is 170 Å². The number of unbranched alkanes of at least 4 members (excludes halogenated alkanes) is 20. The Bertz CT molecular complexity index is 2680. The van der Waals surface area contributed by atoms with E-state index in [4.69, 9.17) is 37.0 Å². The van der Waals surface area contributed by atoms with Crippen molar-refractivity contribution in [3.8, 4) is 0 Å². The van der Waals surface area contributed by atoms with Crippen molar-refractivity contribution in [1.29, 1.82) is 0 Å². The van der Waals surface area contributed by atoms with Crippen LogP contribution in [-0.4, -0.2) is 96.7 Å². The van der Waals surface area contributed by atoms with Crippen LogP contribution in [0.3, 0.4) is 0 Å². The Morgan fingerprint density at radius 2 is 0.500 bits per heavy atom. The molecule has 0 aliphatic heterocycles. The summed E-state index contributed by atoms with van der Waals surface area (Å²) in [6.07, 6.45) is 91.9. The highest BCUT2D eigenvalue weighted by atomic mass is 31.2. The molecule has 0 amide bonds. The summed E-state index contributed by atoms with van der Waals surface area (Å²) in [6, 6.07) is 0. The van der Waals surface area contributed by atoms with Crippen molar-refractivity contribution >= 4 is 39.5 Å². The van der Waals surface area contributed by atoms with Gasteiger partial charge in [0.2, 0.25) is 0 Å². The maximum Gasteiger partial charge on any atom is 0.472 e.